The van der Waals surface area contributed by atoms with Gasteiger partial charge in [0.2, 0.25) is 0 Å². The van der Waals surface area contributed by atoms with Crippen LogP contribution in [0.1, 0.15) is 16.7 Å². The quantitative estimate of drug-likeness (QED) is 0.252. The largest absolute Gasteiger partial charge is 0.488 e. The number of anilines is 1. The van der Waals surface area contributed by atoms with Gasteiger partial charge in [-0.25, -0.2) is 4.99 Å². The van der Waals surface area contributed by atoms with Crippen molar-refractivity contribution in [2.45, 2.75) is 13.5 Å². The van der Waals surface area contributed by atoms with Crippen LogP contribution in [0, 0.1) is 6.92 Å². The molecular formula is C29H22ClN3O2S. The topological polar surface area (TPSA) is 54.8 Å². The second-order valence-corrected chi connectivity index (χ2v) is 9.54. The minimum Gasteiger partial charge on any atom is -0.488 e. The second kappa shape index (κ2) is 10.8. The van der Waals surface area contributed by atoms with Gasteiger partial charge in [-0.2, -0.15) is 0 Å². The smallest absolute Gasteiger partial charge is 0.271 e. The molecular weight excluding hydrogens is 490 g/mol. The first-order valence-corrected chi connectivity index (χ1v) is 12.5. The van der Waals surface area contributed by atoms with Gasteiger partial charge >= 0.3 is 0 Å². The van der Waals surface area contributed by atoms with Crippen molar-refractivity contribution in [3.63, 3.8) is 0 Å². The number of pyridine rings is 1. The minimum absolute atomic E-state index is 0.163. The van der Waals surface area contributed by atoms with Gasteiger partial charge in [-0.15, -0.1) is 0 Å². The van der Waals surface area contributed by atoms with Crippen molar-refractivity contribution < 1.29 is 9.53 Å². The fraction of sp³-hybridized carbons (Fsp3) is 0.0690. The first-order valence-electron chi connectivity index (χ1n) is 11.3. The highest BCUT2D eigenvalue weighted by Gasteiger charge is 2.35. The van der Waals surface area contributed by atoms with Gasteiger partial charge in [0.15, 0.2) is 5.17 Å². The molecule has 0 radical (unpaired) electrons. The van der Waals surface area contributed by atoms with Gasteiger partial charge in [0.25, 0.3) is 5.91 Å². The lowest BCUT2D eigenvalue weighted by Gasteiger charge is -2.15. The average Bonchev–Trinajstić information content (AvgIpc) is 3.20. The molecule has 0 aliphatic carbocycles. The van der Waals surface area contributed by atoms with Crippen LogP contribution < -0.4 is 9.64 Å². The number of aryl methyl sites for hydroxylation is 1. The van der Waals surface area contributed by atoms with Crippen molar-refractivity contribution in [1.29, 1.82) is 0 Å². The molecule has 0 saturated carbocycles. The highest BCUT2D eigenvalue weighted by Crippen LogP contribution is 2.39. The van der Waals surface area contributed by atoms with E-state index in [1.165, 1.54) is 23.5 Å². The summed E-state index contributed by atoms with van der Waals surface area (Å²) >= 11 is 7.60. The fourth-order valence-corrected chi connectivity index (χ4v) is 4.78. The van der Waals surface area contributed by atoms with Gasteiger partial charge in [0.1, 0.15) is 12.4 Å². The molecule has 2 heterocycles. The lowest BCUT2D eigenvalue weighted by Crippen LogP contribution is -2.28. The zero-order valence-electron chi connectivity index (χ0n) is 19.5. The predicted octanol–water partition coefficient (Wildman–Crippen LogP) is 7.43. The second-order valence-electron chi connectivity index (χ2n) is 8.12. The summed E-state index contributed by atoms with van der Waals surface area (Å²) in [5, 5.41) is 0.932. The van der Waals surface area contributed by atoms with Gasteiger partial charge in [-0.1, -0.05) is 77.8 Å². The SMILES string of the molecule is Cc1ccc(COc2ccccc2/C=C2\SC(=Nc3ccncc3Cl)N(c3ccccc3)C2=O)cc1. The van der Waals surface area contributed by atoms with Gasteiger partial charge in [-0.3, -0.25) is 14.7 Å². The fourth-order valence-electron chi connectivity index (χ4n) is 3.63. The molecule has 0 bridgehead atoms. The van der Waals surface area contributed by atoms with Crippen molar-refractivity contribution in [3.05, 3.63) is 124 Å². The van der Waals surface area contributed by atoms with E-state index in [4.69, 9.17) is 21.3 Å². The predicted molar refractivity (Wildman–Crippen MR) is 148 cm³/mol. The molecule has 7 heteroatoms. The van der Waals surface area contributed by atoms with Crippen LogP contribution in [-0.2, 0) is 11.4 Å². The molecule has 3 aromatic carbocycles. The number of carbonyl (C=O) groups is 1. The molecule has 0 spiro atoms. The molecule has 1 saturated heterocycles. The van der Waals surface area contributed by atoms with Crippen LogP contribution in [-0.4, -0.2) is 16.1 Å². The number of ether oxygens (including phenoxy) is 1. The van der Waals surface area contributed by atoms with Gasteiger partial charge in [0.05, 0.1) is 21.3 Å². The Morgan fingerprint density at radius 1 is 1.00 bits per heavy atom. The zero-order valence-corrected chi connectivity index (χ0v) is 21.0. The van der Waals surface area contributed by atoms with E-state index in [2.05, 4.69) is 36.2 Å². The maximum absolute atomic E-state index is 13.6. The van der Waals surface area contributed by atoms with E-state index < -0.39 is 0 Å². The van der Waals surface area contributed by atoms with Crippen LogP contribution in [0.2, 0.25) is 5.02 Å². The number of aliphatic imine (C=N–C) groups is 1. The van der Waals surface area contributed by atoms with Gasteiger partial charge < -0.3 is 4.74 Å². The summed E-state index contributed by atoms with van der Waals surface area (Å²) in [5.41, 5.74) is 4.37. The Morgan fingerprint density at radius 2 is 1.75 bits per heavy atom. The first kappa shape index (κ1) is 23.9. The van der Waals surface area contributed by atoms with Crippen LogP contribution >= 0.6 is 23.4 Å². The summed E-state index contributed by atoms with van der Waals surface area (Å²) in [6.07, 6.45) is 5.01. The number of amidine groups is 1. The normalized spacial score (nSPS) is 15.6. The summed E-state index contributed by atoms with van der Waals surface area (Å²) in [6.45, 7) is 2.49. The van der Waals surface area contributed by atoms with Crippen LogP contribution in [0.3, 0.4) is 0 Å². The van der Waals surface area contributed by atoms with E-state index in [1.54, 1.807) is 17.2 Å². The third kappa shape index (κ3) is 5.35. The third-order valence-corrected chi connectivity index (χ3v) is 6.77. The van der Waals surface area contributed by atoms with Crippen molar-refractivity contribution in [1.82, 2.24) is 4.98 Å². The van der Waals surface area contributed by atoms with E-state index in [0.717, 1.165) is 16.8 Å². The van der Waals surface area contributed by atoms with E-state index in [-0.39, 0.29) is 5.91 Å². The van der Waals surface area contributed by atoms with Gasteiger partial charge in [0, 0.05) is 18.0 Å². The number of amides is 1. The Balaban J connectivity index is 1.48. The molecule has 5 rings (SSSR count). The third-order valence-electron chi connectivity index (χ3n) is 5.51. The molecule has 4 aromatic rings. The van der Waals surface area contributed by atoms with Crippen molar-refractivity contribution >= 4 is 51.9 Å². The Hall–Kier alpha value is -3.87. The summed E-state index contributed by atoms with van der Waals surface area (Å²) < 4.78 is 6.12. The number of nitrogens with zero attached hydrogens (tertiary/aromatic N) is 3. The highest BCUT2D eigenvalue weighted by molar-refractivity contribution is 8.19. The molecule has 0 N–H and O–H groups in total. The summed E-state index contributed by atoms with van der Waals surface area (Å²) in [6, 6.07) is 27.1. The minimum atomic E-state index is -0.163. The molecule has 178 valence electrons. The van der Waals surface area contributed by atoms with Crippen molar-refractivity contribution in [2.75, 3.05) is 4.90 Å². The Bertz CT molecular complexity index is 1450. The van der Waals surface area contributed by atoms with Crippen molar-refractivity contribution in [2.24, 2.45) is 4.99 Å². The van der Waals surface area contributed by atoms with Crippen LogP contribution in [0.25, 0.3) is 6.08 Å². The Kier molecular flexibility index (Phi) is 7.16. The molecule has 1 amide bonds. The number of halogens is 1. The van der Waals surface area contributed by atoms with E-state index in [9.17, 15) is 4.79 Å². The average molecular weight is 512 g/mol. The van der Waals surface area contributed by atoms with Gasteiger partial charge in [-0.05, 0) is 54.6 Å². The molecule has 36 heavy (non-hydrogen) atoms. The van der Waals surface area contributed by atoms with Crippen LogP contribution in [0.15, 0.2) is 107 Å². The number of para-hydroxylation sites is 2. The van der Waals surface area contributed by atoms with E-state index in [1.807, 2.05) is 60.7 Å². The Morgan fingerprint density at radius 3 is 2.53 bits per heavy atom. The maximum atomic E-state index is 13.6. The molecule has 1 aliphatic rings. The number of thioether (sulfide) groups is 1. The summed E-state index contributed by atoms with van der Waals surface area (Å²) in [5.74, 6) is 0.538. The standard InChI is InChI=1S/C29H22ClN3O2S/c1-20-11-13-21(14-12-20)19-35-26-10-6-5-7-22(26)17-27-28(34)33(23-8-3-2-4-9-23)29(36-27)32-25-15-16-31-18-24(25)30/h2-18H,19H2,1H3/b27-17-,32-29?. The monoisotopic (exact) mass is 511 g/mol. The van der Waals surface area contributed by atoms with Crippen molar-refractivity contribution in [3.8, 4) is 5.75 Å². The molecule has 5 nitrogen and oxygen atoms in total. The van der Waals surface area contributed by atoms with E-state index in [0.29, 0.717) is 33.1 Å². The number of carbonyl (C=O) groups excluding carboxylic acids is 1. The maximum Gasteiger partial charge on any atom is 0.271 e. The first-order chi connectivity index (χ1) is 17.6. The van der Waals surface area contributed by atoms with E-state index >= 15 is 0 Å². The molecule has 0 unspecified atom stereocenters. The number of hydrogen-bond donors (Lipinski definition) is 0. The lowest BCUT2D eigenvalue weighted by atomic mass is 10.1. The molecule has 1 aliphatic heterocycles. The number of benzene rings is 3. The number of rotatable bonds is 6. The summed E-state index contributed by atoms with van der Waals surface area (Å²) in [4.78, 5) is 24.5. The number of hydrogen-bond acceptors (Lipinski definition) is 5. The molecule has 1 aromatic heterocycles. The zero-order chi connectivity index (χ0) is 24.9. The Labute approximate surface area is 219 Å². The highest BCUT2D eigenvalue weighted by atomic mass is 35.5. The molecule has 1 fully saturated rings. The number of aromatic nitrogens is 1. The van der Waals surface area contributed by atoms with Crippen LogP contribution in [0.4, 0.5) is 11.4 Å². The molecule has 0 atom stereocenters. The van der Waals surface area contributed by atoms with Crippen LogP contribution in [0.5, 0.6) is 5.75 Å². The lowest BCUT2D eigenvalue weighted by molar-refractivity contribution is -0.113. The summed E-state index contributed by atoms with van der Waals surface area (Å²) in [7, 11) is 0.